The molecule has 2 rings (SSSR count). The molecule has 1 fully saturated rings. The van der Waals surface area contributed by atoms with Crippen molar-refractivity contribution in [1.29, 1.82) is 0 Å². The number of aromatic nitrogens is 1. The van der Waals surface area contributed by atoms with Gasteiger partial charge in [-0.25, -0.2) is 0 Å². The number of hydrogen-bond donors (Lipinski definition) is 1. The van der Waals surface area contributed by atoms with E-state index in [4.69, 9.17) is 4.42 Å². The molecule has 0 saturated carbocycles. The average molecular weight is 251 g/mol. The van der Waals surface area contributed by atoms with E-state index in [-0.39, 0.29) is 0 Å². The first-order valence-corrected chi connectivity index (χ1v) is 7.27. The van der Waals surface area contributed by atoms with Gasteiger partial charge in [0.25, 0.3) is 6.01 Å². The van der Waals surface area contributed by atoms with Crippen molar-refractivity contribution >= 4 is 6.01 Å². The highest BCUT2D eigenvalue weighted by Gasteiger charge is 2.24. The molecule has 1 aliphatic rings. The van der Waals surface area contributed by atoms with Crippen LogP contribution < -0.4 is 10.2 Å². The van der Waals surface area contributed by atoms with Gasteiger partial charge in [0.1, 0.15) is 6.26 Å². The molecule has 1 N–H and O–H groups in total. The molecular formula is C14H25N3O. The van der Waals surface area contributed by atoms with Gasteiger partial charge < -0.3 is 14.6 Å². The Labute approximate surface area is 110 Å². The van der Waals surface area contributed by atoms with E-state index in [1.54, 1.807) is 6.26 Å². The molecule has 2 heterocycles. The van der Waals surface area contributed by atoms with Gasteiger partial charge in [-0.1, -0.05) is 13.8 Å². The largest absolute Gasteiger partial charge is 0.432 e. The Morgan fingerprint density at radius 2 is 2.33 bits per heavy atom. The van der Waals surface area contributed by atoms with Gasteiger partial charge in [0.2, 0.25) is 0 Å². The fourth-order valence-corrected chi connectivity index (χ4v) is 2.58. The van der Waals surface area contributed by atoms with Crippen molar-refractivity contribution in [2.24, 2.45) is 0 Å². The minimum atomic E-state index is 0.605. The highest BCUT2D eigenvalue weighted by atomic mass is 16.4. The Morgan fingerprint density at radius 1 is 1.44 bits per heavy atom. The summed E-state index contributed by atoms with van der Waals surface area (Å²) in [5.41, 5.74) is 1.01. The number of anilines is 1. The van der Waals surface area contributed by atoms with Gasteiger partial charge in [-0.2, -0.15) is 4.98 Å². The Balaban J connectivity index is 1.95. The van der Waals surface area contributed by atoms with Crippen LogP contribution in [0.15, 0.2) is 10.7 Å². The molecule has 1 unspecified atom stereocenters. The summed E-state index contributed by atoms with van der Waals surface area (Å²) < 4.78 is 5.64. The predicted octanol–water partition coefficient (Wildman–Crippen LogP) is 2.94. The molecule has 4 heteroatoms. The molecule has 1 aromatic rings. The maximum Gasteiger partial charge on any atom is 0.297 e. The van der Waals surface area contributed by atoms with Crippen LogP contribution in [0.3, 0.4) is 0 Å². The van der Waals surface area contributed by atoms with E-state index in [0.717, 1.165) is 37.8 Å². The van der Waals surface area contributed by atoms with E-state index in [1.807, 2.05) is 0 Å². The summed E-state index contributed by atoms with van der Waals surface area (Å²) in [7, 11) is 0. The van der Waals surface area contributed by atoms with Gasteiger partial charge >= 0.3 is 0 Å². The molecule has 0 bridgehead atoms. The Hall–Kier alpha value is -1.03. The average Bonchev–Trinajstić information content (AvgIpc) is 2.88. The molecule has 0 aliphatic carbocycles. The topological polar surface area (TPSA) is 41.3 Å². The van der Waals surface area contributed by atoms with Crippen LogP contribution in [0.5, 0.6) is 0 Å². The highest BCUT2D eigenvalue weighted by molar-refractivity contribution is 5.29. The van der Waals surface area contributed by atoms with Crippen LogP contribution >= 0.6 is 0 Å². The number of hydrogen-bond acceptors (Lipinski definition) is 4. The molecule has 0 radical (unpaired) electrons. The number of nitrogens with one attached hydrogen (secondary N) is 1. The third-order valence-corrected chi connectivity index (χ3v) is 3.62. The molecule has 0 amide bonds. The number of rotatable bonds is 6. The Kier molecular flexibility index (Phi) is 5.05. The second-order valence-electron chi connectivity index (χ2n) is 5.05. The SMILES string of the molecule is CCCNCc1coc(N2CCCCC2CC)n1. The second kappa shape index (κ2) is 6.78. The quantitative estimate of drug-likeness (QED) is 0.789. The van der Waals surface area contributed by atoms with Crippen LogP contribution in [0.25, 0.3) is 0 Å². The van der Waals surface area contributed by atoms with E-state index in [2.05, 4.69) is 29.0 Å². The minimum absolute atomic E-state index is 0.605. The van der Waals surface area contributed by atoms with Crippen molar-refractivity contribution in [1.82, 2.24) is 10.3 Å². The summed E-state index contributed by atoms with van der Waals surface area (Å²) in [6, 6.07) is 1.42. The first kappa shape index (κ1) is 13.4. The monoisotopic (exact) mass is 251 g/mol. The Bertz CT molecular complexity index is 351. The van der Waals surface area contributed by atoms with Crippen LogP contribution in [0, 0.1) is 0 Å². The van der Waals surface area contributed by atoms with Gasteiger partial charge in [0.05, 0.1) is 5.69 Å². The summed E-state index contributed by atoms with van der Waals surface area (Å²) in [5.74, 6) is 0. The molecule has 0 aromatic carbocycles. The van der Waals surface area contributed by atoms with E-state index in [0.29, 0.717) is 6.04 Å². The maximum atomic E-state index is 5.64. The molecular weight excluding hydrogens is 226 g/mol. The highest BCUT2D eigenvalue weighted by Crippen LogP contribution is 2.25. The molecule has 4 nitrogen and oxygen atoms in total. The lowest BCUT2D eigenvalue weighted by molar-refractivity contribution is 0.410. The molecule has 102 valence electrons. The van der Waals surface area contributed by atoms with Crippen LogP contribution in [0.1, 0.15) is 51.6 Å². The predicted molar refractivity (Wildman–Crippen MR) is 73.8 cm³/mol. The zero-order valence-electron chi connectivity index (χ0n) is 11.6. The minimum Gasteiger partial charge on any atom is -0.432 e. The zero-order chi connectivity index (χ0) is 12.8. The van der Waals surface area contributed by atoms with Gasteiger partial charge in [-0.3, -0.25) is 0 Å². The summed E-state index contributed by atoms with van der Waals surface area (Å²) in [5, 5.41) is 3.35. The van der Waals surface area contributed by atoms with Crippen LogP contribution in [-0.4, -0.2) is 24.1 Å². The summed E-state index contributed by atoms with van der Waals surface area (Å²) in [6.45, 7) is 7.34. The third kappa shape index (κ3) is 3.25. The fraction of sp³-hybridized carbons (Fsp3) is 0.786. The lowest BCUT2D eigenvalue weighted by Gasteiger charge is -2.33. The van der Waals surface area contributed by atoms with Crippen LogP contribution in [-0.2, 0) is 6.54 Å². The van der Waals surface area contributed by atoms with Crippen molar-refractivity contribution in [3.05, 3.63) is 12.0 Å². The molecule has 1 aromatic heterocycles. The maximum absolute atomic E-state index is 5.64. The Morgan fingerprint density at radius 3 is 3.11 bits per heavy atom. The van der Waals surface area contributed by atoms with Crippen molar-refractivity contribution < 1.29 is 4.42 Å². The van der Waals surface area contributed by atoms with Crippen molar-refractivity contribution in [2.75, 3.05) is 18.0 Å². The first-order chi connectivity index (χ1) is 8.85. The lowest BCUT2D eigenvalue weighted by Crippen LogP contribution is -2.39. The second-order valence-corrected chi connectivity index (χ2v) is 5.05. The number of piperidine rings is 1. The molecule has 1 atom stereocenters. The van der Waals surface area contributed by atoms with Crippen molar-refractivity contribution in [3.8, 4) is 0 Å². The summed E-state index contributed by atoms with van der Waals surface area (Å²) in [6.07, 6.45) is 7.96. The van der Waals surface area contributed by atoms with Crippen LogP contribution in [0.4, 0.5) is 6.01 Å². The van der Waals surface area contributed by atoms with Gasteiger partial charge in [0.15, 0.2) is 0 Å². The number of oxazole rings is 1. The normalized spacial score (nSPS) is 20.3. The van der Waals surface area contributed by atoms with E-state index in [9.17, 15) is 0 Å². The van der Waals surface area contributed by atoms with Gasteiger partial charge in [-0.15, -0.1) is 0 Å². The third-order valence-electron chi connectivity index (χ3n) is 3.62. The van der Waals surface area contributed by atoms with Crippen LogP contribution in [0.2, 0.25) is 0 Å². The van der Waals surface area contributed by atoms with Crippen molar-refractivity contribution in [2.45, 2.75) is 58.5 Å². The molecule has 0 spiro atoms. The van der Waals surface area contributed by atoms with E-state index < -0.39 is 0 Å². The van der Waals surface area contributed by atoms with Gasteiger partial charge in [-0.05, 0) is 38.6 Å². The van der Waals surface area contributed by atoms with E-state index in [1.165, 1.54) is 25.7 Å². The summed E-state index contributed by atoms with van der Waals surface area (Å²) >= 11 is 0. The molecule has 18 heavy (non-hydrogen) atoms. The summed E-state index contributed by atoms with van der Waals surface area (Å²) in [4.78, 5) is 6.94. The van der Waals surface area contributed by atoms with Gasteiger partial charge in [0, 0.05) is 19.1 Å². The zero-order valence-corrected chi connectivity index (χ0v) is 11.6. The smallest absolute Gasteiger partial charge is 0.297 e. The van der Waals surface area contributed by atoms with E-state index >= 15 is 0 Å². The molecule has 1 saturated heterocycles. The standard InChI is InChI=1S/C14H25N3O/c1-3-8-15-10-12-11-18-14(16-12)17-9-6-5-7-13(17)4-2/h11,13,15H,3-10H2,1-2H3. The molecule has 1 aliphatic heterocycles. The van der Waals surface area contributed by atoms with Crippen molar-refractivity contribution in [3.63, 3.8) is 0 Å². The number of nitrogens with zero attached hydrogens (tertiary/aromatic N) is 2. The lowest BCUT2D eigenvalue weighted by atomic mass is 10.0. The first-order valence-electron chi connectivity index (χ1n) is 7.27. The fourth-order valence-electron chi connectivity index (χ4n) is 2.58.